The van der Waals surface area contributed by atoms with Crippen LogP contribution in [0.5, 0.6) is 0 Å². The normalized spacial score (nSPS) is 12.0. The van der Waals surface area contributed by atoms with E-state index in [0.29, 0.717) is 23.6 Å². The monoisotopic (exact) mass is 263 g/mol. The zero-order chi connectivity index (χ0) is 13.1. The largest absolute Gasteiger partial charge is 0.478 e. The van der Waals surface area contributed by atoms with E-state index in [-0.39, 0.29) is 0 Å². The minimum atomic E-state index is -0.855. The highest BCUT2D eigenvalue weighted by molar-refractivity contribution is 6.35. The summed E-state index contributed by atoms with van der Waals surface area (Å²) in [6.07, 6.45) is 4.18. The van der Waals surface area contributed by atoms with E-state index in [1.54, 1.807) is 6.08 Å². The number of carbonyl (C=O) groups is 1. The number of benzene rings is 1. The Balaban J connectivity index is 2.33. The summed E-state index contributed by atoms with van der Waals surface area (Å²) >= 11 is 6.09. The third kappa shape index (κ3) is 2.41. The molecule has 4 heteroatoms. The number of carboxylic acid groups (broad SMARTS) is 1. The van der Waals surface area contributed by atoms with Crippen molar-refractivity contribution in [3.63, 3.8) is 0 Å². The van der Waals surface area contributed by atoms with E-state index >= 15 is 0 Å². The minimum Gasteiger partial charge on any atom is -0.478 e. The van der Waals surface area contributed by atoms with Crippen LogP contribution in [-0.4, -0.2) is 15.6 Å². The molecule has 0 aliphatic rings. The molecule has 0 spiro atoms. The molecule has 0 atom stereocenters. The van der Waals surface area contributed by atoms with Crippen molar-refractivity contribution in [2.24, 2.45) is 0 Å². The fourth-order valence-electron chi connectivity index (χ4n) is 1.94. The van der Waals surface area contributed by atoms with E-state index < -0.39 is 5.97 Å². The zero-order valence-corrected chi connectivity index (χ0v) is 10.8. The van der Waals surface area contributed by atoms with Gasteiger partial charge in [0.15, 0.2) is 0 Å². The van der Waals surface area contributed by atoms with Gasteiger partial charge in [-0.3, -0.25) is 0 Å². The Hall–Kier alpha value is -1.74. The van der Waals surface area contributed by atoms with Crippen molar-refractivity contribution in [3.05, 3.63) is 47.1 Å². The second-order valence-corrected chi connectivity index (χ2v) is 4.44. The molecule has 0 aliphatic carbocycles. The van der Waals surface area contributed by atoms with Gasteiger partial charge in [0.05, 0.1) is 0 Å². The minimum absolute atomic E-state index is 0.430. The molecular formula is C14H14ClNO2. The summed E-state index contributed by atoms with van der Waals surface area (Å²) in [4.78, 5) is 10.9. The molecule has 0 saturated carbocycles. The average molecular weight is 264 g/mol. The topological polar surface area (TPSA) is 42.2 Å². The van der Waals surface area contributed by atoms with Crippen LogP contribution in [0.3, 0.4) is 0 Å². The van der Waals surface area contributed by atoms with Gasteiger partial charge in [-0.05, 0) is 24.6 Å². The predicted octanol–water partition coefficient (Wildman–Crippen LogP) is 3.72. The molecule has 2 rings (SSSR count). The Bertz CT molecular complexity index is 613. The Morgan fingerprint density at radius 1 is 1.44 bits per heavy atom. The number of aromatic nitrogens is 1. The van der Waals surface area contributed by atoms with E-state index in [1.165, 1.54) is 0 Å². The molecule has 18 heavy (non-hydrogen) atoms. The molecule has 0 unspecified atom stereocenters. The number of rotatable bonds is 4. The van der Waals surface area contributed by atoms with Crippen LogP contribution >= 0.6 is 11.6 Å². The van der Waals surface area contributed by atoms with E-state index in [2.05, 4.69) is 0 Å². The Labute approximate surface area is 110 Å². The molecule has 0 radical (unpaired) electrons. The highest BCUT2D eigenvalue weighted by atomic mass is 35.5. The summed E-state index contributed by atoms with van der Waals surface area (Å²) in [6.45, 7) is 2.38. The van der Waals surface area contributed by atoms with Crippen LogP contribution in [0.4, 0.5) is 0 Å². The average Bonchev–Trinajstić information content (AvgIpc) is 2.74. The van der Waals surface area contributed by atoms with Crippen molar-refractivity contribution >= 4 is 28.5 Å². The molecular weight excluding hydrogens is 250 g/mol. The quantitative estimate of drug-likeness (QED) is 0.855. The predicted molar refractivity (Wildman–Crippen MR) is 73.0 cm³/mol. The second kappa shape index (κ2) is 5.27. The Morgan fingerprint density at radius 3 is 2.89 bits per heavy atom. The second-order valence-electron chi connectivity index (χ2n) is 4.03. The third-order valence-corrected chi connectivity index (χ3v) is 3.28. The highest BCUT2D eigenvalue weighted by Gasteiger charge is 2.05. The molecule has 94 valence electrons. The molecule has 0 bridgehead atoms. The number of carboxylic acids is 1. The van der Waals surface area contributed by atoms with E-state index in [1.807, 2.05) is 42.0 Å². The maximum atomic E-state index is 10.9. The molecule has 1 aromatic carbocycles. The van der Waals surface area contributed by atoms with Gasteiger partial charge >= 0.3 is 5.97 Å². The summed E-state index contributed by atoms with van der Waals surface area (Å²) in [5.74, 6) is -0.855. The molecule has 1 heterocycles. The smallest absolute Gasteiger partial charge is 0.331 e. The summed E-state index contributed by atoms with van der Waals surface area (Å²) < 4.78 is 1.99. The number of halogens is 1. The van der Waals surface area contributed by atoms with Crippen LogP contribution in [0.2, 0.25) is 5.02 Å². The Kier molecular flexibility index (Phi) is 3.72. The number of fused-ring (bicyclic) bond motifs is 1. The van der Waals surface area contributed by atoms with Crippen molar-refractivity contribution in [2.75, 3.05) is 0 Å². The van der Waals surface area contributed by atoms with Crippen LogP contribution in [0.25, 0.3) is 10.9 Å². The lowest BCUT2D eigenvalue weighted by Gasteiger charge is -2.03. The molecule has 2 aromatic rings. The zero-order valence-electron chi connectivity index (χ0n) is 10.1. The summed E-state index contributed by atoms with van der Waals surface area (Å²) in [6, 6.07) is 7.65. The van der Waals surface area contributed by atoms with Crippen molar-refractivity contribution < 1.29 is 9.90 Å². The molecule has 0 aliphatic heterocycles. The lowest BCUT2D eigenvalue weighted by molar-refractivity contribution is -0.132. The molecule has 0 fully saturated rings. The van der Waals surface area contributed by atoms with Crippen molar-refractivity contribution in [3.8, 4) is 0 Å². The van der Waals surface area contributed by atoms with Crippen LogP contribution < -0.4 is 0 Å². The molecule has 0 saturated heterocycles. The van der Waals surface area contributed by atoms with Crippen LogP contribution in [0, 0.1) is 0 Å². The standard InChI is InChI=1S/C14H14ClNO2/c1-2-10(14(17)18)6-8-16-9-7-11-12(15)4-3-5-13(11)16/h3-7,9H,2,8H2,1H3,(H,17,18). The van der Waals surface area contributed by atoms with Gasteiger partial charge in [-0.2, -0.15) is 0 Å². The van der Waals surface area contributed by atoms with E-state index in [9.17, 15) is 4.79 Å². The number of hydrogen-bond donors (Lipinski definition) is 1. The number of aliphatic carboxylic acids is 1. The van der Waals surface area contributed by atoms with Gasteiger partial charge in [-0.15, -0.1) is 0 Å². The van der Waals surface area contributed by atoms with Crippen molar-refractivity contribution in [1.82, 2.24) is 4.57 Å². The maximum Gasteiger partial charge on any atom is 0.331 e. The lowest BCUT2D eigenvalue weighted by atomic mass is 10.2. The molecule has 0 amide bonds. The number of allylic oxidation sites excluding steroid dienone is 1. The van der Waals surface area contributed by atoms with Crippen molar-refractivity contribution in [1.29, 1.82) is 0 Å². The van der Waals surface area contributed by atoms with Gasteiger partial charge < -0.3 is 9.67 Å². The highest BCUT2D eigenvalue weighted by Crippen LogP contribution is 2.24. The van der Waals surface area contributed by atoms with Gasteiger partial charge in [0.1, 0.15) is 0 Å². The maximum absolute atomic E-state index is 10.9. The van der Waals surface area contributed by atoms with Crippen LogP contribution in [0.1, 0.15) is 13.3 Å². The first-order valence-electron chi connectivity index (χ1n) is 5.79. The third-order valence-electron chi connectivity index (χ3n) is 2.95. The summed E-state index contributed by atoms with van der Waals surface area (Å²) in [7, 11) is 0. The van der Waals surface area contributed by atoms with E-state index in [4.69, 9.17) is 16.7 Å². The van der Waals surface area contributed by atoms with Gasteiger partial charge in [0, 0.05) is 34.2 Å². The summed E-state index contributed by atoms with van der Waals surface area (Å²) in [5.41, 5.74) is 1.44. The van der Waals surface area contributed by atoms with Crippen LogP contribution in [-0.2, 0) is 11.3 Å². The SMILES string of the molecule is CCC(=CCn1ccc2c(Cl)cccc21)C(=O)O. The molecule has 1 aromatic heterocycles. The van der Waals surface area contributed by atoms with Gasteiger partial charge in [-0.1, -0.05) is 30.7 Å². The van der Waals surface area contributed by atoms with Gasteiger partial charge in [0.2, 0.25) is 0 Å². The number of hydrogen-bond acceptors (Lipinski definition) is 1. The first-order valence-corrected chi connectivity index (χ1v) is 6.17. The van der Waals surface area contributed by atoms with Gasteiger partial charge in [0.25, 0.3) is 0 Å². The molecule has 1 N–H and O–H groups in total. The first-order chi connectivity index (χ1) is 8.63. The van der Waals surface area contributed by atoms with Gasteiger partial charge in [-0.25, -0.2) is 4.79 Å². The first kappa shape index (κ1) is 12.7. The fourth-order valence-corrected chi connectivity index (χ4v) is 2.17. The van der Waals surface area contributed by atoms with Crippen LogP contribution in [0.15, 0.2) is 42.1 Å². The molecule has 3 nitrogen and oxygen atoms in total. The fraction of sp³-hybridized carbons (Fsp3) is 0.214. The summed E-state index contributed by atoms with van der Waals surface area (Å²) in [5, 5.41) is 10.7. The Morgan fingerprint density at radius 2 is 2.22 bits per heavy atom. The lowest BCUT2D eigenvalue weighted by Crippen LogP contribution is -2.02. The number of nitrogens with zero attached hydrogens (tertiary/aromatic N) is 1. The van der Waals surface area contributed by atoms with E-state index in [0.717, 1.165) is 10.9 Å². The van der Waals surface area contributed by atoms with Crippen molar-refractivity contribution in [2.45, 2.75) is 19.9 Å².